The van der Waals surface area contributed by atoms with Crippen molar-refractivity contribution in [3.05, 3.63) is 62.4 Å². The highest BCUT2D eigenvalue weighted by Gasteiger charge is 2.32. The summed E-state index contributed by atoms with van der Waals surface area (Å²) in [5.74, 6) is 0.593. The third-order valence-corrected chi connectivity index (χ3v) is 6.45. The second kappa shape index (κ2) is 8.34. The summed E-state index contributed by atoms with van der Waals surface area (Å²) in [7, 11) is 0. The van der Waals surface area contributed by atoms with Gasteiger partial charge in [-0.1, -0.05) is 36.2 Å². The van der Waals surface area contributed by atoms with Crippen LogP contribution in [0.15, 0.2) is 41.8 Å². The van der Waals surface area contributed by atoms with Gasteiger partial charge >= 0.3 is 0 Å². The maximum atomic E-state index is 12.9. The fourth-order valence-corrected chi connectivity index (χ4v) is 4.55. The molecule has 7 heteroatoms. The predicted octanol–water partition coefficient (Wildman–Crippen LogP) is 6.38. The summed E-state index contributed by atoms with van der Waals surface area (Å²) < 4.78 is 5.83. The molecule has 0 fully saturated rings. The first-order chi connectivity index (χ1) is 14.0. The number of halogens is 2. The van der Waals surface area contributed by atoms with Crippen LogP contribution in [-0.4, -0.2) is 17.0 Å². The molecule has 1 atom stereocenters. The number of aryl methyl sites for hydroxylation is 1. The van der Waals surface area contributed by atoms with Gasteiger partial charge in [-0.25, -0.2) is 4.98 Å². The molecule has 150 valence electrons. The molecule has 0 bridgehead atoms. The van der Waals surface area contributed by atoms with E-state index in [9.17, 15) is 4.79 Å². The number of thiazole rings is 1. The lowest BCUT2D eigenvalue weighted by Crippen LogP contribution is -2.44. The monoisotopic (exact) mass is 446 g/mol. The SMILES string of the molecule is CCCc1nc(-c2ccc3c(c2)N(Cc2ccc(Cl)c(Cl)c2)C(=O)C(C)O3)cs1. The molecule has 1 amide bonds. The molecule has 1 aliphatic rings. The van der Waals surface area contributed by atoms with E-state index in [1.807, 2.05) is 24.3 Å². The highest BCUT2D eigenvalue weighted by atomic mass is 35.5. The zero-order valence-corrected chi connectivity index (χ0v) is 18.4. The Kier molecular flexibility index (Phi) is 5.81. The molecule has 4 nitrogen and oxygen atoms in total. The Morgan fingerprint density at radius 3 is 2.76 bits per heavy atom. The molecule has 2 heterocycles. The third-order valence-electron chi connectivity index (χ3n) is 4.80. The van der Waals surface area contributed by atoms with Gasteiger partial charge in [-0.3, -0.25) is 4.79 Å². The van der Waals surface area contributed by atoms with Gasteiger partial charge in [0.25, 0.3) is 5.91 Å². The van der Waals surface area contributed by atoms with E-state index >= 15 is 0 Å². The van der Waals surface area contributed by atoms with Gasteiger partial charge in [0.15, 0.2) is 6.10 Å². The van der Waals surface area contributed by atoms with Crippen molar-refractivity contribution in [2.45, 2.75) is 39.3 Å². The van der Waals surface area contributed by atoms with Crippen LogP contribution < -0.4 is 9.64 Å². The number of nitrogens with zero attached hydrogens (tertiary/aromatic N) is 2. The molecule has 3 aromatic rings. The largest absolute Gasteiger partial charge is 0.479 e. The maximum Gasteiger partial charge on any atom is 0.268 e. The van der Waals surface area contributed by atoms with E-state index in [4.69, 9.17) is 32.9 Å². The quantitative estimate of drug-likeness (QED) is 0.456. The molecule has 2 aromatic carbocycles. The Labute approximate surface area is 184 Å². The molecule has 0 spiro atoms. The van der Waals surface area contributed by atoms with Gasteiger partial charge in [-0.05, 0) is 55.7 Å². The molecule has 0 saturated heterocycles. The number of carbonyl (C=O) groups is 1. The zero-order valence-electron chi connectivity index (χ0n) is 16.1. The van der Waals surface area contributed by atoms with E-state index in [-0.39, 0.29) is 5.91 Å². The minimum Gasteiger partial charge on any atom is -0.479 e. The van der Waals surface area contributed by atoms with Gasteiger partial charge in [-0.2, -0.15) is 0 Å². The number of aromatic nitrogens is 1. The first-order valence-corrected chi connectivity index (χ1v) is 11.1. The Bertz CT molecular complexity index is 1070. The van der Waals surface area contributed by atoms with Crippen molar-refractivity contribution in [2.75, 3.05) is 4.90 Å². The number of amides is 1. The van der Waals surface area contributed by atoms with Crippen LogP contribution in [0, 0.1) is 0 Å². The molecular weight excluding hydrogens is 427 g/mol. The maximum absolute atomic E-state index is 12.9. The fourth-order valence-electron chi connectivity index (χ4n) is 3.32. The van der Waals surface area contributed by atoms with Crippen LogP contribution in [-0.2, 0) is 17.8 Å². The lowest BCUT2D eigenvalue weighted by Gasteiger charge is -2.33. The second-order valence-electron chi connectivity index (χ2n) is 6.99. The molecular formula is C22H20Cl2N2O2S. The molecule has 1 unspecified atom stereocenters. The summed E-state index contributed by atoms with van der Waals surface area (Å²) in [4.78, 5) is 19.4. The molecule has 0 radical (unpaired) electrons. The van der Waals surface area contributed by atoms with Crippen LogP contribution >= 0.6 is 34.5 Å². The third kappa shape index (κ3) is 4.13. The Morgan fingerprint density at radius 2 is 2.00 bits per heavy atom. The minimum absolute atomic E-state index is 0.0920. The van der Waals surface area contributed by atoms with E-state index in [0.29, 0.717) is 22.3 Å². The van der Waals surface area contributed by atoms with Crippen molar-refractivity contribution in [3.63, 3.8) is 0 Å². The normalized spacial score (nSPS) is 15.9. The summed E-state index contributed by atoms with van der Waals surface area (Å²) in [6.07, 6.45) is 1.49. The highest BCUT2D eigenvalue weighted by molar-refractivity contribution is 7.09. The van der Waals surface area contributed by atoms with Gasteiger partial charge in [-0.15, -0.1) is 11.3 Å². The van der Waals surface area contributed by atoms with E-state index in [1.165, 1.54) is 0 Å². The number of anilines is 1. The van der Waals surface area contributed by atoms with Crippen molar-refractivity contribution < 1.29 is 9.53 Å². The minimum atomic E-state index is -0.549. The van der Waals surface area contributed by atoms with Crippen LogP contribution in [0.3, 0.4) is 0 Å². The lowest BCUT2D eigenvalue weighted by atomic mass is 10.1. The molecule has 4 rings (SSSR count). The van der Waals surface area contributed by atoms with Crippen LogP contribution in [0.2, 0.25) is 10.0 Å². The number of hydrogen-bond acceptors (Lipinski definition) is 4. The van der Waals surface area contributed by atoms with E-state index in [0.717, 1.165) is 40.4 Å². The number of hydrogen-bond donors (Lipinski definition) is 0. The van der Waals surface area contributed by atoms with Crippen LogP contribution in [0.1, 0.15) is 30.8 Å². The molecule has 1 aliphatic heterocycles. The number of rotatable bonds is 5. The number of carbonyl (C=O) groups excluding carboxylic acids is 1. The Hall–Kier alpha value is -2.08. The lowest BCUT2D eigenvalue weighted by molar-refractivity contribution is -0.125. The summed E-state index contributed by atoms with van der Waals surface area (Å²) in [6.45, 7) is 4.29. The standard InChI is InChI=1S/C22H20Cl2N2O2S/c1-3-4-21-25-18(12-29-21)15-6-8-20-19(10-15)26(22(27)13(2)28-20)11-14-5-7-16(23)17(24)9-14/h5-10,12-13H,3-4,11H2,1-2H3. The Morgan fingerprint density at radius 1 is 1.17 bits per heavy atom. The number of benzene rings is 2. The smallest absolute Gasteiger partial charge is 0.268 e. The fraction of sp³-hybridized carbons (Fsp3) is 0.273. The predicted molar refractivity (Wildman–Crippen MR) is 119 cm³/mol. The first kappa shape index (κ1) is 20.2. The van der Waals surface area contributed by atoms with Crippen molar-refractivity contribution in [2.24, 2.45) is 0 Å². The second-order valence-corrected chi connectivity index (χ2v) is 8.75. The molecule has 1 aromatic heterocycles. The van der Waals surface area contributed by atoms with E-state index in [2.05, 4.69) is 12.3 Å². The van der Waals surface area contributed by atoms with Gasteiger partial charge in [0.1, 0.15) is 5.75 Å². The number of ether oxygens (including phenoxy) is 1. The summed E-state index contributed by atoms with van der Waals surface area (Å²) in [6, 6.07) is 11.3. The summed E-state index contributed by atoms with van der Waals surface area (Å²) in [5, 5.41) is 4.14. The van der Waals surface area contributed by atoms with Gasteiger partial charge in [0.2, 0.25) is 0 Å². The van der Waals surface area contributed by atoms with Crippen LogP contribution in [0.4, 0.5) is 5.69 Å². The van der Waals surface area contributed by atoms with Gasteiger partial charge in [0.05, 0.1) is 33.0 Å². The topological polar surface area (TPSA) is 42.4 Å². The average Bonchev–Trinajstić information content (AvgIpc) is 3.17. The van der Waals surface area contributed by atoms with Crippen molar-refractivity contribution in [1.29, 1.82) is 0 Å². The van der Waals surface area contributed by atoms with Gasteiger partial charge < -0.3 is 9.64 Å². The van der Waals surface area contributed by atoms with Crippen molar-refractivity contribution in [3.8, 4) is 17.0 Å². The molecule has 0 aliphatic carbocycles. The van der Waals surface area contributed by atoms with Crippen molar-refractivity contribution in [1.82, 2.24) is 4.98 Å². The Balaban J connectivity index is 1.71. The average molecular weight is 447 g/mol. The van der Waals surface area contributed by atoms with Crippen molar-refractivity contribution >= 4 is 46.1 Å². The highest BCUT2D eigenvalue weighted by Crippen LogP contribution is 2.39. The summed E-state index contributed by atoms with van der Waals surface area (Å²) >= 11 is 13.9. The van der Waals surface area contributed by atoms with Crippen LogP contribution in [0.5, 0.6) is 5.75 Å². The first-order valence-electron chi connectivity index (χ1n) is 9.47. The summed E-state index contributed by atoms with van der Waals surface area (Å²) in [5.41, 5.74) is 3.52. The van der Waals surface area contributed by atoms with Gasteiger partial charge in [0, 0.05) is 10.9 Å². The molecule has 0 saturated carbocycles. The number of fused-ring (bicyclic) bond motifs is 1. The van der Waals surface area contributed by atoms with E-state index in [1.54, 1.807) is 35.3 Å². The van der Waals surface area contributed by atoms with Crippen LogP contribution in [0.25, 0.3) is 11.3 Å². The molecule has 0 N–H and O–H groups in total. The zero-order chi connectivity index (χ0) is 20.5. The molecule has 29 heavy (non-hydrogen) atoms. The van der Waals surface area contributed by atoms with E-state index < -0.39 is 6.10 Å².